The van der Waals surface area contributed by atoms with Crippen LogP contribution in [0.5, 0.6) is 5.75 Å². The minimum absolute atomic E-state index is 0.0575. The number of rotatable bonds is 8. The van der Waals surface area contributed by atoms with Crippen LogP contribution in [0.25, 0.3) is 11.1 Å². The van der Waals surface area contributed by atoms with Crippen molar-refractivity contribution in [1.29, 1.82) is 0 Å². The van der Waals surface area contributed by atoms with Crippen LogP contribution in [0.4, 0.5) is 10.5 Å². The summed E-state index contributed by atoms with van der Waals surface area (Å²) < 4.78 is 5.99. The molecule has 5 rings (SSSR count). The zero-order chi connectivity index (χ0) is 28.6. The van der Waals surface area contributed by atoms with E-state index in [0.717, 1.165) is 29.2 Å². The first kappa shape index (κ1) is 28.1. The predicted octanol–water partition coefficient (Wildman–Crippen LogP) is 5.19. The number of piperazine rings is 1. The molecule has 4 amide bonds. The molecular weight excluding hydrogens is 518 g/mol. The smallest absolute Gasteiger partial charge is 0.322 e. The van der Waals surface area contributed by atoms with Gasteiger partial charge in [0, 0.05) is 49.1 Å². The molecule has 0 radical (unpaired) electrons. The van der Waals surface area contributed by atoms with E-state index in [1.165, 1.54) is 32.1 Å². The minimum Gasteiger partial charge on any atom is -0.494 e. The third kappa shape index (κ3) is 7.42. The maximum atomic E-state index is 13.2. The lowest BCUT2D eigenvalue weighted by Gasteiger charge is -2.34. The fraction of sp³-hybridized carbons (Fsp3) is 0.375. The van der Waals surface area contributed by atoms with E-state index in [0.29, 0.717) is 49.6 Å². The second-order valence-electron chi connectivity index (χ2n) is 10.8. The van der Waals surface area contributed by atoms with Gasteiger partial charge in [0.1, 0.15) is 5.75 Å². The Bertz CT molecular complexity index is 1380. The summed E-state index contributed by atoms with van der Waals surface area (Å²) in [6.07, 6.45) is 10.9. The molecule has 2 aliphatic rings. The SMILES string of the molecule is NC(=O)c1cccc(-c2cncc(NC(=O)N3CCN(C(=O)c4cccc(OCCC5CCCCC5)c4)CC3)c2)c1. The highest BCUT2D eigenvalue weighted by Gasteiger charge is 2.25. The molecule has 1 aliphatic carbocycles. The van der Waals surface area contributed by atoms with Crippen molar-refractivity contribution in [2.24, 2.45) is 11.7 Å². The van der Waals surface area contributed by atoms with E-state index in [1.54, 1.807) is 46.5 Å². The number of pyridine rings is 1. The van der Waals surface area contributed by atoms with E-state index < -0.39 is 5.91 Å². The molecule has 1 saturated heterocycles. The summed E-state index contributed by atoms with van der Waals surface area (Å²) >= 11 is 0. The Labute approximate surface area is 240 Å². The van der Waals surface area contributed by atoms with Crippen LogP contribution in [0.15, 0.2) is 67.0 Å². The van der Waals surface area contributed by atoms with E-state index in [9.17, 15) is 14.4 Å². The summed E-state index contributed by atoms with van der Waals surface area (Å²) in [5, 5.41) is 2.90. The maximum Gasteiger partial charge on any atom is 0.322 e. The molecule has 214 valence electrons. The molecule has 0 unspecified atom stereocenters. The number of nitrogens with zero attached hydrogens (tertiary/aromatic N) is 3. The average molecular weight is 556 g/mol. The summed E-state index contributed by atoms with van der Waals surface area (Å²) in [5.74, 6) is 0.912. The monoisotopic (exact) mass is 555 g/mol. The summed E-state index contributed by atoms with van der Waals surface area (Å²) in [6, 6.07) is 15.9. The highest BCUT2D eigenvalue weighted by Crippen LogP contribution is 2.27. The van der Waals surface area contributed by atoms with Gasteiger partial charge in [-0.25, -0.2) is 4.79 Å². The van der Waals surface area contributed by atoms with Gasteiger partial charge in [0.15, 0.2) is 0 Å². The van der Waals surface area contributed by atoms with Crippen molar-refractivity contribution < 1.29 is 19.1 Å². The number of hydrogen-bond donors (Lipinski definition) is 2. The van der Waals surface area contributed by atoms with Gasteiger partial charge in [0.2, 0.25) is 5.91 Å². The van der Waals surface area contributed by atoms with Gasteiger partial charge in [-0.05, 0) is 54.3 Å². The highest BCUT2D eigenvalue weighted by molar-refractivity contribution is 5.95. The number of nitrogens with two attached hydrogens (primary N) is 1. The third-order valence-electron chi connectivity index (χ3n) is 7.92. The Hall–Kier alpha value is -4.40. The molecule has 0 spiro atoms. The Morgan fingerprint density at radius 1 is 0.854 bits per heavy atom. The number of carbonyl (C=O) groups excluding carboxylic acids is 3. The lowest BCUT2D eigenvalue weighted by atomic mass is 9.87. The topological polar surface area (TPSA) is 118 Å². The Morgan fingerprint density at radius 2 is 1.59 bits per heavy atom. The first-order valence-electron chi connectivity index (χ1n) is 14.4. The standard InChI is InChI=1S/C32H37N5O4/c33-30(38)25-9-4-8-24(18-25)27-19-28(22-34-21-27)35-32(40)37-15-13-36(14-16-37)31(39)26-10-5-11-29(20-26)41-17-12-23-6-2-1-3-7-23/h4-5,8-11,18-23H,1-3,6-7,12-17H2,(H2,33,38)(H,35,40). The molecule has 2 fully saturated rings. The number of primary amides is 1. The van der Waals surface area contributed by atoms with Crippen molar-refractivity contribution in [2.75, 3.05) is 38.1 Å². The lowest BCUT2D eigenvalue weighted by molar-refractivity contribution is 0.0671. The number of nitrogens with one attached hydrogen (secondary N) is 1. The van der Waals surface area contributed by atoms with Crippen LogP contribution in [0.2, 0.25) is 0 Å². The van der Waals surface area contributed by atoms with Crippen LogP contribution >= 0.6 is 0 Å². The summed E-state index contributed by atoms with van der Waals surface area (Å²) in [6.45, 7) is 2.40. The van der Waals surface area contributed by atoms with Gasteiger partial charge in [-0.2, -0.15) is 0 Å². The van der Waals surface area contributed by atoms with Crippen molar-refractivity contribution in [2.45, 2.75) is 38.5 Å². The number of urea groups is 1. The minimum atomic E-state index is -0.507. The van der Waals surface area contributed by atoms with E-state index >= 15 is 0 Å². The fourth-order valence-corrected chi connectivity index (χ4v) is 5.55. The van der Waals surface area contributed by atoms with Crippen molar-refractivity contribution in [1.82, 2.24) is 14.8 Å². The molecule has 2 aromatic carbocycles. The Morgan fingerprint density at radius 3 is 2.37 bits per heavy atom. The normalized spacial score (nSPS) is 15.8. The van der Waals surface area contributed by atoms with Crippen molar-refractivity contribution in [3.63, 3.8) is 0 Å². The van der Waals surface area contributed by atoms with Crippen molar-refractivity contribution >= 4 is 23.5 Å². The maximum absolute atomic E-state index is 13.2. The third-order valence-corrected chi connectivity index (χ3v) is 7.92. The number of hydrogen-bond acceptors (Lipinski definition) is 5. The Kier molecular flexibility index (Phi) is 9.13. The van der Waals surface area contributed by atoms with Gasteiger partial charge in [-0.15, -0.1) is 0 Å². The molecular formula is C32H37N5O4. The number of aromatic nitrogens is 1. The molecule has 0 bridgehead atoms. The first-order chi connectivity index (χ1) is 20.0. The van der Waals surface area contributed by atoms with Crippen LogP contribution in [0.3, 0.4) is 0 Å². The first-order valence-corrected chi connectivity index (χ1v) is 14.4. The number of benzene rings is 2. The molecule has 41 heavy (non-hydrogen) atoms. The van der Waals surface area contributed by atoms with Gasteiger partial charge in [-0.1, -0.05) is 50.3 Å². The summed E-state index contributed by atoms with van der Waals surface area (Å²) in [5.41, 5.74) is 8.46. The Balaban J connectivity index is 1.12. The summed E-state index contributed by atoms with van der Waals surface area (Å²) in [7, 11) is 0. The van der Waals surface area contributed by atoms with Crippen LogP contribution in [-0.2, 0) is 0 Å². The van der Waals surface area contributed by atoms with Crippen LogP contribution in [0, 0.1) is 5.92 Å². The van der Waals surface area contributed by atoms with Crippen LogP contribution < -0.4 is 15.8 Å². The number of anilines is 1. The molecule has 9 nitrogen and oxygen atoms in total. The second kappa shape index (κ2) is 13.3. The molecule has 1 aromatic heterocycles. The molecule has 1 saturated carbocycles. The largest absolute Gasteiger partial charge is 0.494 e. The quantitative estimate of drug-likeness (QED) is 0.397. The lowest BCUT2D eigenvalue weighted by Crippen LogP contribution is -2.51. The van der Waals surface area contributed by atoms with Crippen molar-refractivity contribution in [3.05, 3.63) is 78.1 Å². The molecule has 2 heterocycles. The second-order valence-corrected chi connectivity index (χ2v) is 10.8. The zero-order valence-corrected chi connectivity index (χ0v) is 23.3. The van der Waals surface area contributed by atoms with Gasteiger partial charge in [-0.3, -0.25) is 14.6 Å². The number of carbonyl (C=O) groups is 3. The summed E-state index contributed by atoms with van der Waals surface area (Å²) in [4.78, 5) is 45.4. The van der Waals surface area contributed by atoms with E-state index in [-0.39, 0.29) is 11.9 Å². The molecule has 3 N–H and O–H groups in total. The van der Waals surface area contributed by atoms with E-state index in [1.807, 2.05) is 30.3 Å². The van der Waals surface area contributed by atoms with E-state index in [2.05, 4.69) is 10.3 Å². The van der Waals surface area contributed by atoms with Crippen LogP contribution in [0.1, 0.15) is 59.2 Å². The molecule has 3 aromatic rings. The predicted molar refractivity (Wildman–Crippen MR) is 158 cm³/mol. The molecule has 1 aliphatic heterocycles. The number of amides is 4. The average Bonchev–Trinajstić information content (AvgIpc) is 3.01. The fourth-order valence-electron chi connectivity index (χ4n) is 5.55. The molecule has 9 heteroatoms. The van der Waals surface area contributed by atoms with Gasteiger partial charge < -0.3 is 25.6 Å². The van der Waals surface area contributed by atoms with Gasteiger partial charge in [0.05, 0.1) is 18.5 Å². The van der Waals surface area contributed by atoms with Crippen LogP contribution in [-0.4, -0.2) is 65.4 Å². The zero-order valence-electron chi connectivity index (χ0n) is 23.3. The highest BCUT2D eigenvalue weighted by atomic mass is 16.5. The van der Waals surface area contributed by atoms with Crippen molar-refractivity contribution in [3.8, 4) is 16.9 Å². The van der Waals surface area contributed by atoms with Gasteiger partial charge >= 0.3 is 6.03 Å². The molecule has 0 atom stereocenters. The van der Waals surface area contributed by atoms with E-state index in [4.69, 9.17) is 10.5 Å². The number of ether oxygens (including phenoxy) is 1. The van der Waals surface area contributed by atoms with Gasteiger partial charge in [0.25, 0.3) is 5.91 Å².